The highest BCUT2D eigenvalue weighted by Gasteiger charge is 2.07. The highest BCUT2D eigenvalue weighted by molar-refractivity contribution is 6.32. The highest BCUT2D eigenvalue weighted by Crippen LogP contribution is 2.26. The summed E-state index contributed by atoms with van der Waals surface area (Å²) in [5.74, 6) is -0.324. The molecule has 0 aromatic heterocycles. The van der Waals surface area contributed by atoms with Gasteiger partial charge in [0, 0.05) is 5.69 Å². The van der Waals surface area contributed by atoms with Crippen molar-refractivity contribution in [3.8, 4) is 6.07 Å². The molecule has 0 heterocycles. The van der Waals surface area contributed by atoms with Crippen molar-refractivity contribution in [1.82, 2.24) is 0 Å². The van der Waals surface area contributed by atoms with Crippen LogP contribution in [-0.4, -0.2) is 0 Å². The van der Waals surface area contributed by atoms with Crippen molar-refractivity contribution in [1.29, 1.82) is 5.26 Å². The minimum Gasteiger partial charge on any atom is -0.353 e. The van der Waals surface area contributed by atoms with Gasteiger partial charge in [0.2, 0.25) is 0 Å². The van der Waals surface area contributed by atoms with Gasteiger partial charge in [-0.15, -0.1) is 0 Å². The maximum absolute atomic E-state index is 13.6. The first-order valence-electron chi connectivity index (χ1n) is 5.33. The number of hydrogen-bond donors (Lipinski definition) is 1. The molecule has 0 aliphatic carbocycles. The van der Waals surface area contributed by atoms with E-state index < -0.39 is 0 Å². The molecule has 0 spiro atoms. The molecule has 2 nitrogen and oxygen atoms in total. The molecule has 90 valence electrons. The van der Waals surface area contributed by atoms with Crippen LogP contribution in [0.1, 0.15) is 11.1 Å². The van der Waals surface area contributed by atoms with Gasteiger partial charge in [0.15, 0.2) is 0 Å². The highest BCUT2D eigenvalue weighted by atomic mass is 35.5. The van der Waals surface area contributed by atoms with Crippen molar-refractivity contribution in [3.05, 3.63) is 58.4 Å². The lowest BCUT2D eigenvalue weighted by Gasteiger charge is -2.11. The van der Waals surface area contributed by atoms with Gasteiger partial charge < -0.3 is 5.32 Å². The summed E-state index contributed by atoms with van der Waals surface area (Å²) in [5, 5.41) is 12.1. The predicted molar refractivity (Wildman–Crippen MR) is 70.6 cm³/mol. The number of nitrogens with one attached hydrogen (secondary N) is 1. The van der Waals surface area contributed by atoms with Gasteiger partial charge in [-0.25, -0.2) is 4.39 Å². The molecule has 0 saturated carbocycles. The Labute approximate surface area is 110 Å². The molecule has 0 aliphatic rings. The van der Waals surface area contributed by atoms with Crippen LogP contribution < -0.4 is 5.32 Å². The third kappa shape index (κ3) is 2.44. The Morgan fingerprint density at radius 2 is 2.06 bits per heavy atom. The number of anilines is 2. The molecule has 0 aliphatic heterocycles. The largest absolute Gasteiger partial charge is 0.353 e. The van der Waals surface area contributed by atoms with Crippen LogP contribution in [0.2, 0.25) is 5.02 Å². The summed E-state index contributed by atoms with van der Waals surface area (Å²) in [6, 6.07) is 11.7. The minimum absolute atomic E-state index is 0.324. The van der Waals surface area contributed by atoms with Gasteiger partial charge in [0.1, 0.15) is 11.9 Å². The number of hydrogen-bond acceptors (Lipinski definition) is 2. The quantitative estimate of drug-likeness (QED) is 0.869. The van der Waals surface area contributed by atoms with Gasteiger partial charge in [-0.05, 0) is 36.8 Å². The summed E-state index contributed by atoms with van der Waals surface area (Å²) < 4.78 is 13.6. The van der Waals surface area contributed by atoms with Gasteiger partial charge in [0.05, 0.1) is 16.3 Å². The fraction of sp³-hybridized carbons (Fsp3) is 0.0714. The summed E-state index contributed by atoms with van der Waals surface area (Å²) in [5.41, 5.74) is 2.26. The molecule has 1 N–H and O–H groups in total. The second-order valence-electron chi connectivity index (χ2n) is 3.86. The van der Waals surface area contributed by atoms with E-state index in [0.29, 0.717) is 22.0 Å². The Morgan fingerprint density at radius 1 is 1.28 bits per heavy atom. The third-order valence-electron chi connectivity index (χ3n) is 2.58. The number of halogens is 2. The van der Waals surface area contributed by atoms with Crippen LogP contribution in [0, 0.1) is 24.1 Å². The van der Waals surface area contributed by atoms with Crippen LogP contribution in [0.3, 0.4) is 0 Å². The zero-order valence-electron chi connectivity index (χ0n) is 9.67. The fourth-order valence-corrected chi connectivity index (χ4v) is 1.84. The van der Waals surface area contributed by atoms with Crippen LogP contribution in [0.5, 0.6) is 0 Å². The van der Waals surface area contributed by atoms with Gasteiger partial charge in [-0.2, -0.15) is 5.26 Å². The first-order chi connectivity index (χ1) is 8.61. The molecule has 0 fully saturated rings. The molecule has 0 radical (unpaired) electrons. The third-order valence-corrected chi connectivity index (χ3v) is 2.89. The molecule has 2 aromatic rings. The fourth-order valence-electron chi connectivity index (χ4n) is 1.62. The standard InChI is InChI=1S/C14H10ClFN2/c1-9-3-2-4-13(16)14(9)18-11-6-5-10(8-17)12(15)7-11/h2-7,18H,1H3. The normalized spacial score (nSPS) is 9.89. The van der Waals surface area contributed by atoms with Crippen molar-refractivity contribution in [2.24, 2.45) is 0 Å². The molecule has 0 saturated heterocycles. The van der Waals surface area contributed by atoms with Crippen molar-refractivity contribution in [3.63, 3.8) is 0 Å². The summed E-state index contributed by atoms with van der Waals surface area (Å²) in [6.45, 7) is 1.82. The zero-order chi connectivity index (χ0) is 13.1. The zero-order valence-corrected chi connectivity index (χ0v) is 10.4. The van der Waals surface area contributed by atoms with Crippen molar-refractivity contribution < 1.29 is 4.39 Å². The Balaban J connectivity index is 2.35. The Kier molecular flexibility index (Phi) is 3.50. The monoisotopic (exact) mass is 260 g/mol. The van der Waals surface area contributed by atoms with E-state index in [9.17, 15) is 4.39 Å². The van der Waals surface area contributed by atoms with Gasteiger partial charge in [-0.1, -0.05) is 23.7 Å². The second kappa shape index (κ2) is 5.07. The first kappa shape index (κ1) is 12.4. The lowest BCUT2D eigenvalue weighted by Crippen LogP contribution is -1.96. The van der Waals surface area contributed by atoms with Gasteiger partial charge in [0.25, 0.3) is 0 Å². The summed E-state index contributed by atoms with van der Waals surface area (Å²) in [4.78, 5) is 0. The molecular weight excluding hydrogens is 251 g/mol. The summed E-state index contributed by atoms with van der Waals surface area (Å²) in [7, 11) is 0. The lowest BCUT2D eigenvalue weighted by molar-refractivity contribution is 0.631. The van der Waals surface area contributed by atoms with Gasteiger partial charge in [-0.3, -0.25) is 0 Å². The Morgan fingerprint density at radius 3 is 2.67 bits per heavy atom. The topological polar surface area (TPSA) is 35.8 Å². The summed E-state index contributed by atoms with van der Waals surface area (Å²) >= 11 is 5.92. The van der Waals surface area contributed by atoms with E-state index in [1.807, 2.05) is 19.1 Å². The molecule has 2 aromatic carbocycles. The van der Waals surface area contributed by atoms with Crippen molar-refractivity contribution in [2.75, 3.05) is 5.32 Å². The molecule has 18 heavy (non-hydrogen) atoms. The number of nitrogens with zero attached hydrogens (tertiary/aromatic N) is 1. The Hall–Kier alpha value is -2.05. The molecule has 0 unspecified atom stereocenters. The van der Waals surface area contributed by atoms with Crippen molar-refractivity contribution >= 4 is 23.0 Å². The Bertz CT molecular complexity index is 612. The number of para-hydroxylation sites is 1. The molecule has 0 atom stereocenters. The van der Waals surface area contributed by atoms with Gasteiger partial charge >= 0.3 is 0 Å². The van der Waals surface area contributed by atoms with E-state index in [0.717, 1.165) is 5.56 Å². The van der Waals surface area contributed by atoms with E-state index in [1.165, 1.54) is 6.07 Å². The van der Waals surface area contributed by atoms with Crippen LogP contribution in [0.25, 0.3) is 0 Å². The van der Waals surface area contributed by atoms with E-state index in [-0.39, 0.29) is 5.82 Å². The average Bonchev–Trinajstić information content (AvgIpc) is 2.34. The summed E-state index contributed by atoms with van der Waals surface area (Å²) in [6.07, 6.45) is 0. The van der Waals surface area contributed by atoms with Crippen LogP contribution in [0.4, 0.5) is 15.8 Å². The van der Waals surface area contributed by atoms with Crippen molar-refractivity contribution in [2.45, 2.75) is 6.92 Å². The maximum atomic E-state index is 13.6. The van der Waals surface area contributed by atoms with E-state index in [2.05, 4.69) is 5.32 Å². The number of nitriles is 1. The van der Waals surface area contributed by atoms with Crippen LogP contribution in [0.15, 0.2) is 36.4 Å². The lowest BCUT2D eigenvalue weighted by atomic mass is 10.1. The van der Waals surface area contributed by atoms with Crippen LogP contribution >= 0.6 is 11.6 Å². The number of rotatable bonds is 2. The SMILES string of the molecule is Cc1cccc(F)c1Nc1ccc(C#N)c(Cl)c1. The molecular formula is C14H10ClFN2. The van der Waals surface area contributed by atoms with Crippen LogP contribution in [-0.2, 0) is 0 Å². The molecule has 0 amide bonds. The number of benzene rings is 2. The molecule has 4 heteroatoms. The number of aryl methyl sites for hydroxylation is 1. The molecule has 2 rings (SSSR count). The first-order valence-corrected chi connectivity index (χ1v) is 5.71. The average molecular weight is 261 g/mol. The van der Waals surface area contributed by atoms with E-state index in [4.69, 9.17) is 16.9 Å². The predicted octanol–water partition coefficient (Wildman–Crippen LogP) is 4.40. The van der Waals surface area contributed by atoms with E-state index >= 15 is 0 Å². The minimum atomic E-state index is -0.324. The second-order valence-corrected chi connectivity index (χ2v) is 4.27. The van der Waals surface area contributed by atoms with E-state index in [1.54, 1.807) is 24.3 Å². The molecule has 0 bridgehead atoms. The smallest absolute Gasteiger partial charge is 0.146 e. The maximum Gasteiger partial charge on any atom is 0.146 e.